The number of hydrogen-bond acceptors (Lipinski definition) is 2. The van der Waals surface area contributed by atoms with E-state index in [2.05, 4.69) is 34.5 Å². The molecule has 3 heteroatoms. The van der Waals surface area contributed by atoms with Crippen LogP contribution in [-0.2, 0) is 6.42 Å². The fraction of sp³-hybridized carbons (Fsp3) is 0.294. The van der Waals surface area contributed by atoms with Crippen molar-refractivity contribution in [2.24, 2.45) is 0 Å². The van der Waals surface area contributed by atoms with Gasteiger partial charge in [0.05, 0.1) is 0 Å². The smallest absolute Gasteiger partial charge is 0.125 e. The average Bonchev–Trinajstić information content (AvgIpc) is 2.48. The van der Waals surface area contributed by atoms with Crippen molar-refractivity contribution in [2.75, 3.05) is 29.9 Å². The van der Waals surface area contributed by atoms with E-state index in [4.69, 9.17) is 0 Å². The normalized spacial score (nSPS) is 13.9. The molecule has 1 aliphatic heterocycles. The Hall–Kier alpha value is -2.03. The van der Waals surface area contributed by atoms with Gasteiger partial charge in [-0.05, 0) is 42.7 Å². The second kappa shape index (κ2) is 5.95. The van der Waals surface area contributed by atoms with E-state index in [-0.39, 0.29) is 5.82 Å². The molecule has 3 rings (SSSR count). The molecular formula is C17H19FN2. The summed E-state index contributed by atoms with van der Waals surface area (Å²) in [5.74, 6) is -0.196. The van der Waals surface area contributed by atoms with Crippen LogP contribution in [0.4, 0.5) is 15.8 Å². The Morgan fingerprint density at radius 1 is 1.10 bits per heavy atom. The third kappa shape index (κ3) is 2.93. The lowest BCUT2D eigenvalue weighted by Gasteiger charge is -2.31. The first-order valence-electron chi connectivity index (χ1n) is 7.15. The number of rotatable bonds is 4. The highest BCUT2D eigenvalue weighted by molar-refractivity contribution is 5.55. The first-order chi connectivity index (χ1) is 9.83. The number of anilines is 2. The summed E-state index contributed by atoms with van der Waals surface area (Å²) in [5, 5.41) is 3.28. The number of nitrogens with one attached hydrogen (secondary N) is 1. The molecule has 0 amide bonds. The van der Waals surface area contributed by atoms with E-state index < -0.39 is 0 Å². The minimum Gasteiger partial charge on any atom is -0.383 e. The molecule has 0 spiro atoms. The van der Waals surface area contributed by atoms with Gasteiger partial charge in [-0.3, -0.25) is 0 Å². The Balaban J connectivity index is 1.60. The SMILES string of the molecule is Fc1cccc(NCCN2CCCc3ccccc32)c1. The minimum absolute atomic E-state index is 0.196. The number of halogens is 1. The van der Waals surface area contributed by atoms with Crippen molar-refractivity contribution in [3.63, 3.8) is 0 Å². The van der Waals surface area contributed by atoms with Gasteiger partial charge in [0.15, 0.2) is 0 Å². The molecule has 0 aromatic heterocycles. The van der Waals surface area contributed by atoms with Crippen LogP contribution in [0.3, 0.4) is 0 Å². The summed E-state index contributed by atoms with van der Waals surface area (Å²) in [6.07, 6.45) is 2.38. The van der Waals surface area contributed by atoms with Crippen molar-refractivity contribution >= 4 is 11.4 Å². The number of aryl methyl sites for hydroxylation is 1. The molecule has 2 aromatic rings. The lowest BCUT2D eigenvalue weighted by Crippen LogP contribution is -2.33. The largest absolute Gasteiger partial charge is 0.383 e. The second-order valence-electron chi connectivity index (χ2n) is 5.16. The molecule has 0 bridgehead atoms. The standard InChI is InChI=1S/C17H19FN2/c18-15-7-3-8-16(13-15)19-10-12-20-11-4-6-14-5-1-2-9-17(14)20/h1-3,5,7-9,13,19H,4,6,10-12H2. The van der Waals surface area contributed by atoms with E-state index in [0.717, 1.165) is 25.3 Å². The van der Waals surface area contributed by atoms with Gasteiger partial charge in [-0.25, -0.2) is 4.39 Å². The van der Waals surface area contributed by atoms with Crippen molar-refractivity contribution in [1.29, 1.82) is 0 Å². The van der Waals surface area contributed by atoms with Gasteiger partial charge in [-0.1, -0.05) is 24.3 Å². The van der Waals surface area contributed by atoms with Crippen molar-refractivity contribution < 1.29 is 4.39 Å². The number of fused-ring (bicyclic) bond motifs is 1. The Morgan fingerprint density at radius 2 is 2.00 bits per heavy atom. The molecule has 2 aromatic carbocycles. The van der Waals surface area contributed by atoms with Gasteiger partial charge in [0, 0.05) is 31.0 Å². The molecule has 0 fully saturated rings. The number of hydrogen-bond donors (Lipinski definition) is 1. The van der Waals surface area contributed by atoms with Crippen LogP contribution in [0.15, 0.2) is 48.5 Å². The van der Waals surface area contributed by atoms with E-state index >= 15 is 0 Å². The maximum atomic E-state index is 13.1. The highest BCUT2D eigenvalue weighted by Gasteiger charge is 2.15. The molecule has 0 aliphatic carbocycles. The molecular weight excluding hydrogens is 251 g/mol. The van der Waals surface area contributed by atoms with Crippen LogP contribution in [0.5, 0.6) is 0 Å². The first kappa shape index (κ1) is 13.0. The highest BCUT2D eigenvalue weighted by atomic mass is 19.1. The van der Waals surface area contributed by atoms with Gasteiger partial charge in [-0.2, -0.15) is 0 Å². The zero-order valence-electron chi connectivity index (χ0n) is 11.5. The Bertz CT molecular complexity index is 583. The molecule has 1 N–H and O–H groups in total. The number of benzene rings is 2. The van der Waals surface area contributed by atoms with Gasteiger partial charge in [-0.15, -0.1) is 0 Å². The molecule has 20 heavy (non-hydrogen) atoms. The third-order valence-electron chi connectivity index (χ3n) is 3.74. The van der Waals surface area contributed by atoms with E-state index in [1.165, 1.54) is 36.2 Å². The number of nitrogens with zero attached hydrogens (tertiary/aromatic N) is 1. The average molecular weight is 270 g/mol. The van der Waals surface area contributed by atoms with Gasteiger partial charge in [0.1, 0.15) is 5.82 Å². The molecule has 0 saturated carbocycles. The molecule has 104 valence electrons. The van der Waals surface area contributed by atoms with E-state index in [0.29, 0.717) is 0 Å². The summed E-state index contributed by atoms with van der Waals surface area (Å²) in [4.78, 5) is 2.41. The summed E-state index contributed by atoms with van der Waals surface area (Å²) in [5.41, 5.74) is 3.62. The minimum atomic E-state index is -0.196. The lowest BCUT2D eigenvalue weighted by atomic mass is 10.0. The van der Waals surface area contributed by atoms with Crippen LogP contribution in [0.1, 0.15) is 12.0 Å². The Labute approximate surface area is 119 Å². The van der Waals surface area contributed by atoms with Crippen LogP contribution in [0.25, 0.3) is 0 Å². The van der Waals surface area contributed by atoms with Gasteiger partial charge < -0.3 is 10.2 Å². The van der Waals surface area contributed by atoms with Crippen LogP contribution in [0.2, 0.25) is 0 Å². The van der Waals surface area contributed by atoms with Crippen molar-refractivity contribution in [3.8, 4) is 0 Å². The summed E-state index contributed by atoms with van der Waals surface area (Å²) < 4.78 is 13.1. The zero-order chi connectivity index (χ0) is 13.8. The number of para-hydroxylation sites is 1. The summed E-state index contributed by atoms with van der Waals surface area (Å²) in [6, 6.07) is 15.2. The highest BCUT2D eigenvalue weighted by Crippen LogP contribution is 2.26. The topological polar surface area (TPSA) is 15.3 Å². The maximum Gasteiger partial charge on any atom is 0.125 e. The van der Waals surface area contributed by atoms with Gasteiger partial charge in [0.2, 0.25) is 0 Å². The van der Waals surface area contributed by atoms with Gasteiger partial charge >= 0.3 is 0 Å². The molecule has 0 radical (unpaired) electrons. The summed E-state index contributed by atoms with van der Waals surface area (Å²) >= 11 is 0. The molecule has 0 unspecified atom stereocenters. The molecule has 0 atom stereocenters. The second-order valence-corrected chi connectivity index (χ2v) is 5.16. The maximum absolute atomic E-state index is 13.1. The fourth-order valence-electron chi connectivity index (χ4n) is 2.78. The van der Waals surface area contributed by atoms with E-state index in [9.17, 15) is 4.39 Å². The molecule has 0 saturated heterocycles. The van der Waals surface area contributed by atoms with Crippen molar-refractivity contribution in [3.05, 3.63) is 59.9 Å². The van der Waals surface area contributed by atoms with Crippen LogP contribution >= 0.6 is 0 Å². The summed E-state index contributed by atoms with van der Waals surface area (Å²) in [7, 11) is 0. The Morgan fingerprint density at radius 3 is 2.90 bits per heavy atom. The Kier molecular flexibility index (Phi) is 3.86. The molecule has 1 aliphatic rings. The van der Waals surface area contributed by atoms with Crippen molar-refractivity contribution in [1.82, 2.24) is 0 Å². The third-order valence-corrected chi connectivity index (χ3v) is 3.74. The van der Waals surface area contributed by atoms with Crippen LogP contribution in [0, 0.1) is 5.82 Å². The monoisotopic (exact) mass is 270 g/mol. The predicted octanol–water partition coefficient (Wildman–Crippen LogP) is 3.69. The van der Waals surface area contributed by atoms with Gasteiger partial charge in [0.25, 0.3) is 0 Å². The van der Waals surface area contributed by atoms with E-state index in [1.807, 2.05) is 6.07 Å². The molecule has 1 heterocycles. The van der Waals surface area contributed by atoms with Crippen molar-refractivity contribution in [2.45, 2.75) is 12.8 Å². The fourth-order valence-corrected chi connectivity index (χ4v) is 2.78. The molecule has 2 nitrogen and oxygen atoms in total. The van der Waals surface area contributed by atoms with E-state index in [1.54, 1.807) is 6.07 Å². The first-order valence-corrected chi connectivity index (χ1v) is 7.15. The van der Waals surface area contributed by atoms with Crippen LogP contribution in [-0.4, -0.2) is 19.6 Å². The zero-order valence-corrected chi connectivity index (χ0v) is 11.5. The van der Waals surface area contributed by atoms with Crippen LogP contribution < -0.4 is 10.2 Å². The lowest BCUT2D eigenvalue weighted by molar-refractivity contribution is 0.628. The summed E-state index contributed by atoms with van der Waals surface area (Å²) in [6.45, 7) is 2.85. The predicted molar refractivity (Wildman–Crippen MR) is 81.9 cm³/mol. The quantitative estimate of drug-likeness (QED) is 0.911.